The van der Waals surface area contributed by atoms with E-state index in [0.29, 0.717) is 17.4 Å². The van der Waals surface area contributed by atoms with Crippen LogP contribution in [0.1, 0.15) is 79.6 Å². The van der Waals surface area contributed by atoms with Gasteiger partial charge in [0.05, 0.1) is 6.10 Å². The van der Waals surface area contributed by atoms with Crippen molar-refractivity contribution in [2.24, 2.45) is 22.7 Å². The van der Waals surface area contributed by atoms with Crippen molar-refractivity contribution in [2.45, 2.75) is 91.7 Å². The van der Waals surface area contributed by atoms with Gasteiger partial charge in [-0.1, -0.05) is 53.9 Å². The molecule has 3 atom stereocenters. The molecule has 2 rings (SSSR count). The van der Waals surface area contributed by atoms with Crippen molar-refractivity contribution < 1.29 is 5.11 Å². The van der Waals surface area contributed by atoms with E-state index < -0.39 is 0 Å². The largest absolute Gasteiger partial charge is 0.393 e. The maximum atomic E-state index is 10.6. The molecule has 0 radical (unpaired) electrons. The number of nitrogens with one attached hydrogen (secondary N) is 1. The maximum absolute atomic E-state index is 10.6. The van der Waals surface area contributed by atoms with Crippen LogP contribution in [0.4, 0.5) is 0 Å². The van der Waals surface area contributed by atoms with E-state index in [1.165, 1.54) is 38.5 Å². The third-order valence-corrected chi connectivity index (χ3v) is 6.19. The van der Waals surface area contributed by atoms with Gasteiger partial charge in [-0.2, -0.15) is 0 Å². The second kappa shape index (κ2) is 6.58. The Kier molecular flexibility index (Phi) is 5.41. The molecule has 2 N–H and O–H groups in total. The van der Waals surface area contributed by atoms with Gasteiger partial charge < -0.3 is 10.4 Å². The molecule has 0 aromatic rings. The van der Waals surface area contributed by atoms with Crippen LogP contribution in [0.25, 0.3) is 0 Å². The fraction of sp³-hybridized carbons (Fsp3) is 1.00. The Morgan fingerprint density at radius 3 is 2.14 bits per heavy atom. The van der Waals surface area contributed by atoms with E-state index in [2.05, 4.69) is 39.9 Å². The summed E-state index contributed by atoms with van der Waals surface area (Å²) in [5.41, 5.74) is 0.618. The van der Waals surface area contributed by atoms with Gasteiger partial charge in [-0.25, -0.2) is 0 Å². The minimum atomic E-state index is -0.127. The molecule has 21 heavy (non-hydrogen) atoms. The summed E-state index contributed by atoms with van der Waals surface area (Å²) in [6, 6.07) is 0.446. The molecule has 0 bridgehead atoms. The lowest BCUT2D eigenvalue weighted by Crippen LogP contribution is -2.53. The second-order valence-corrected chi connectivity index (χ2v) is 9.42. The molecule has 124 valence electrons. The minimum absolute atomic E-state index is 0.127. The summed E-state index contributed by atoms with van der Waals surface area (Å²) in [7, 11) is 0. The molecule has 0 spiro atoms. The van der Waals surface area contributed by atoms with E-state index in [9.17, 15) is 5.11 Å². The molecule has 1 aliphatic heterocycles. The summed E-state index contributed by atoms with van der Waals surface area (Å²) in [4.78, 5) is 0. The zero-order valence-corrected chi connectivity index (χ0v) is 14.9. The molecule has 3 unspecified atom stereocenters. The van der Waals surface area contributed by atoms with Gasteiger partial charge in [-0.15, -0.1) is 0 Å². The first-order valence-corrected chi connectivity index (χ1v) is 9.11. The van der Waals surface area contributed by atoms with Gasteiger partial charge in [0.2, 0.25) is 0 Å². The smallest absolute Gasteiger partial charge is 0.0595 e. The highest BCUT2D eigenvalue weighted by atomic mass is 16.3. The number of rotatable bonds is 3. The summed E-state index contributed by atoms with van der Waals surface area (Å²) in [6.07, 6.45) is 8.99. The van der Waals surface area contributed by atoms with Crippen molar-refractivity contribution in [1.29, 1.82) is 0 Å². The average Bonchev–Trinajstić information content (AvgIpc) is 2.41. The first kappa shape index (κ1) is 17.3. The Labute approximate surface area is 132 Å². The molecule has 0 aromatic carbocycles. The molecule has 1 saturated carbocycles. The molecule has 1 saturated heterocycles. The van der Waals surface area contributed by atoms with Gasteiger partial charge >= 0.3 is 0 Å². The first-order chi connectivity index (χ1) is 9.70. The van der Waals surface area contributed by atoms with Gasteiger partial charge in [0, 0.05) is 12.6 Å². The zero-order valence-electron chi connectivity index (χ0n) is 14.9. The predicted octanol–water partition coefficient (Wildman–Crippen LogP) is 4.37. The standard InChI is InChI=1S/C19H37NO/c1-18(2,3)17-11-16(21)14(13-20-17)12-19(4,5)15-9-7-6-8-10-15/h14-17,20-21H,6-13H2,1-5H3. The Hall–Kier alpha value is -0.0800. The first-order valence-electron chi connectivity index (χ1n) is 9.11. The van der Waals surface area contributed by atoms with E-state index in [4.69, 9.17) is 0 Å². The maximum Gasteiger partial charge on any atom is 0.0595 e. The number of piperidine rings is 1. The lowest BCUT2D eigenvalue weighted by molar-refractivity contribution is 0.00301. The van der Waals surface area contributed by atoms with E-state index in [-0.39, 0.29) is 11.5 Å². The molecule has 1 heterocycles. The van der Waals surface area contributed by atoms with Crippen LogP contribution in [-0.2, 0) is 0 Å². The van der Waals surface area contributed by atoms with Crippen LogP contribution in [0.3, 0.4) is 0 Å². The lowest BCUT2D eigenvalue weighted by atomic mass is 9.65. The van der Waals surface area contributed by atoms with Crippen LogP contribution < -0.4 is 5.32 Å². The Bertz CT molecular complexity index is 325. The van der Waals surface area contributed by atoms with Crippen LogP contribution in [0, 0.1) is 22.7 Å². The molecule has 2 fully saturated rings. The fourth-order valence-electron chi connectivity index (χ4n) is 4.54. The number of aliphatic hydroxyl groups excluding tert-OH is 1. The highest BCUT2D eigenvalue weighted by Crippen LogP contribution is 2.44. The van der Waals surface area contributed by atoms with E-state index in [1.54, 1.807) is 0 Å². The van der Waals surface area contributed by atoms with E-state index in [1.807, 2.05) is 0 Å². The van der Waals surface area contributed by atoms with Crippen molar-refractivity contribution in [1.82, 2.24) is 5.32 Å². The van der Waals surface area contributed by atoms with Crippen molar-refractivity contribution >= 4 is 0 Å². The quantitative estimate of drug-likeness (QED) is 0.810. The fourth-order valence-corrected chi connectivity index (χ4v) is 4.54. The third-order valence-electron chi connectivity index (χ3n) is 6.19. The number of aliphatic hydroxyl groups is 1. The van der Waals surface area contributed by atoms with Crippen LogP contribution in [0.5, 0.6) is 0 Å². The highest BCUT2D eigenvalue weighted by molar-refractivity contribution is 4.93. The molecule has 2 nitrogen and oxygen atoms in total. The zero-order chi connectivity index (χ0) is 15.7. The summed E-state index contributed by atoms with van der Waals surface area (Å²) in [5, 5.41) is 14.3. The normalized spacial score (nSPS) is 33.1. The molecule has 2 heteroatoms. The van der Waals surface area contributed by atoms with E-state index in [0.717, 1.165) is 18.9 Å². The van der Waals surface area contributed by atoms with Crippen molar-refractivity contribution in [3.8, 4) is 0 Å². The van der Waals surface area contributed by atoms with Gasteiger partial charge in [-0.3, -0.25) is 0 Å². The van der Waals surface area contributed by atoms with Gasteiger partial charge in [0.25, 0.3) is 0 Å². The van der Waals surface area contributed by atoms with Crippen LogP contribution in [0.15, 0.2) is 0 Å². The Morgan fingerprint density at radius 2 is 1.62 bits per heavy atom. The van der Waals surface area contributed by atoms with Crippen LogP contribution in [-0.4, -0.2) is 23.8 Å². The summed E-state index contributed by atoms with van der Waals surface area (Å²) in [5.74, 6) is 1.29. The van der Waals surface area contributed by atoms with Crippen LogP contribution >= 0.6 is 0 Å². The van der Waals surface area contributed by atoms with Crippen molar-refractivity contribution in [2.75, 3.05) is 6.54 Å². The number of hydrogen-bond acceptors (Lipinski definition) is 2. The SMILES string of the molecule is CC(C)(C)C1CC(O)C(CC(C)(C)C2CCCCC2)CN1. The van der Waals surface area contributed by atoms with Crippen LogP contribution in [0.2, 0.25) is 0 Å². The minimum Gasteiger partial charge on any atom is -0.393 e. The molecular weight excluding hydrogens is 258 g/mol. The lowest BCUT2D eigenvalue weighted by Gasteiger charge is -2.45. The molecular formula is C19H37NO. The summed E-state index contributed by atoms with van der Waals surface area (Å²) >= 11 is 0. The summed E-state index contributed by atoms with van der Waals surface area (Å²) in [6.45, 7) is 12.7. The molecule has 0 amide bonds. The Balaban J connectivity index is 1.91. The number of hydrogen-bond donors (Lipinski definition) is 2. The summed E-state index contributed by atoms with van der Waals surface area (Å²) < 4.78 is 0. The monoisotopic (exact) mass is 295 g/mol. The average molecular weight is 296 g/mol. The van der Waals surface area contributed by atoms with Gasteiger partial charge in [0.1, 0.15) is 0 Å². The van der Waals surface area contributed by atoms with E-state index >= 15 is 0 Å². The van der Waals surface area contributed by atoms with Gasteiger partial charge in [-0.05, 0) is 48.3 Å². The molecule has 2 aliphatic rings. The molecule has 0 aromatic heterocycles. The van der Waals surface area contributed by atoms with Crippen molar-refractivity contribution in [3.63, 3.8) is 0 Å². The highest BCUT2D eigenvalue weighted by Gasteiger charge is 2.39. The van der Waals surface area contributed by atoms with Gasteiger partial charge in [0.15, 0.2) is 0 Å². The van der Waals surface area contributed by atoms with Crippen molar-refractivity contribution in [3.05, 3.63) is 0 Å². The second-order valence-electron chi connectivity index (χ2n) is 9.42. The molecule has 1 aliphatic carbocycles. The Morgan fingerprint density at radius 1 is 1.00 bits per heavy atom. The predicted molar refractivity (Wildman–Crippen MR) is 90.3 cm³/mol. The third kappa shape index (κ3) is 4.45. The topological polar surface area (TPSA) is 32.3 Å².